The summed E-state index contributed by atoms with van der Waals surface area (Å²) in [6, 6.07) is 28.6. The van der Waals surface area contributed by atoms with E-state index < -0.39 is 34.4 Å². The number of rotatable bonds is 13. The Bertz CT molecular complexity index is 1680. The van der Waals surface area contributed by atoms with Crippen LogP contribution >= 0.6 is 23.2 Å². The quantitative estimate of drug-likeness (QED) is 0.171. The molecule has 1 atom stereocenters. The van der Waals surface area contributed by atoms with E-state index in [2.05, 4.69) is 5.32 Å². The number of hydrogen-bond donors (Lipinski definition) is 1. The van der Waals surface area contributed by atoms with Crippen molar-refractivity contribution in [2.45, 2.75) is 38.9 Å². The first-order valence-electron chi connectivity index (χ1n) is 14.3. The molecule has 0 aliphatic heterocycles. The van der Waals surface area contributed by atoms with Crippen LogP contribution in [0, 0.1) is 0 Å². The summed E-state index contributed by atoms with van der Waals surface area (Å²) in [4.78, 5) is 29.3. The van der Waals surface area contributed by atoms with Crippen LogP contribution in [0.2, 0.25) is 10.0 Å². The summed E-state index contributed by atoms with van der Waals surface area (Å²) in [6.45, 7) is 2.96. The van der Waals surface area contributed by atoms with E-state index >= 15 is 0 Å². The minimum absolute atomic E-state index is 0.123. The minimum atomic E-state index is -3.94. The number of ether oxygens (including phenoxy) is 1. The lowest BCUT2D eigenvalue weighted by molar-refractivity contribution is -0.140. The Hall–Kier alpha value is -4.05. The predicted octanol–water partition coefficient (Wildman–Crippen LogP) is 6.72. The van der Waals surface area contributed by atoms with Crippen LogP contribution in [0.5, 0.6) is 11.5 Å². The van der Waals surface area contributed by atoms with Gasteiger partial charge in [-0.2, -0.15) is 0 Å². The number of nitrogens with zero attached hydrogens (tertiary/aromatic N) is 2. The number of carbonyl (C=O) groups is 2. The third kappa shape index (κ3) is 9.47. The highest BCUT2D eigenvalue weighted by Gasteiger charge is 2.34. The van der Waals surface area contributed by atoms with E-state index in [1.807, 2.05) is 62.4 Å². The van der Waals surface area contributed by atoms with E-state index in [1.165, 1.54) is 4.90 Å². The molecular weight excluding hydrogens is 633 g/mol. The maximum absolute atomic E-state index is 14.3. The van der Waals surface area contributed by atoms with Crippen molar-refractivity contribution in [2.24, 2.45) is 0 Å². The van der Waals surface area contributed by atoms with Crippen molar-refractivity contribution in [3.05, 3.63) is 124 Å². The molecule has 0 saturated heterocycles. The third-order valence-corrected chi connectivity index (χ3v) is 8.72. The van der Waals surface area contributed by atoms with Crippen molar-refractivity contribution >= 4 is 50.7 Å². The number of halogens is 2. The Balaban J connectivity index is 1.71. The molecular formula is C34H35Cl2N3O5S. The molecule has 1 N–H and O–H groups in total. The average Bonchev–Trinajstić information content (AvgIpc) is 2.99. The van der Waals surface area contributed by atoms with Gasteiger partial charge < -0.3 is 15.0 Å². The Morgan fingerprint density at radius 3 is 1.91 bits per heavy atom. The summed E-state index contributed by atoms with van der Waals surface area (Å²) in [5.74, 6) is 0.117. The van der Waals surface area contributed by atoms with Gasteiger partial charge in [0.2, 0.25) is 21.8 Å². The molecule has 0 aliphatic carbocycles. The van der Waals surface area contributed by atoms with Gasteiger partial charge in [0.15, 0.2) is 0 Å². The summed E-state index contributed by atoms with van der Waals surface area (Å²) < 4.78 is 33.0. The molecule has 0 aromatic heterocycles. The van der Waals surface area contributed by atoms with Gasteiger partial charge in [0.05, 0.1) is 11.9 Å². The van der Waals surface area contributed by atoms with Crippen LogP contribution in [0.1, 0.15) is 25.0 Å². The first kappa shape index (κ1) is 33.8. The zero-order valence-electron chi connectivity index (χ0n) is 25.2. The number of hydrogen-bond acceptors (Lipinski definition) is 5. The molecule has 0 radical (unpaired) electrons. The van der Waals surface area contributed by atoms with Crippen LogP contribution < -0.4 is 14.4 Å². The van der Waals surface area contributed by atoms with E-state index in [9.17, 15) is 18.0 Å². The number of benzene rings is 4. The van der Waals surface area contributed by atoms with Gasteiger partial charge >= 0.3 is 0 Å². The number of para-hydroxylation sites is 1. The lowest BCUT2D eigenvalue weighted by Gasteiger charge is -2.34. The summed E-state index contributed by atoms with van der Waals surface area (Å²) in [5.41, 5.74) is 1.52. The molecule has 11 heteroatoms. The second kappa shape index (κ2) is 15.3. The van der Waals surface area contributed by atoms with Crippen molar-refractivity contribution < 1.29 is 22.7 Å². The highest BCUT2D eigenvalue weighted by atomic mass is 35.5. The smallest absolute Gasteiger partial charge is 0.244 e. The molecule has 4 rings (SSSR count). The second-order valence-electron chi connectivity index (χ2n) is 10.8. The third-order valence-electron chi connectivity index (χ3n) is 6.87. The van der Waals surface area contributed by atoms with Crippen molar-refractivity contribution in [2.75, 3.05) is 17.1 Å². The van der Waals surface area contributed by atoms with Crippen LogP contribution in [0.25, 0.3) is 0 Å². The second-order valence-corrected chi connectivity index (χ2v) is 13.5. The molecule has 0 fully saturated rings. The van der Waals surface area contributed by atoms with Crippen LogP contribution in [0.4, 0.5) is 5.69 Å². The summed E-state index contributed by atoms with van der Waals surface area (Å²) in [6.07, 6.45) is 1.20. The van der Waals surface area contributed by atoms with Crippen molar-refractivity contribution in [3.63, 3.8) is 0 Å². The van der Waals surface area contributed by atoms with Gasteiger partial charge in [0.1, 0.15) is 24.1 Å². The van der Waals surface area contributed by atoms with Crippen molar-refractivity contribution in [1.29, 1.82) is 0 Å². The molecule has 1 unspecified atom stereocenters. The number of amides is 2. The molecule has 0 aliphatic rings. The van der Waals surface area contributed by atoms with E-state index in [0.29, 0.717) is 27.1 Å². The van der Waals surface area contributed by atoms with Crippen molar-refractivity contribution in [3.8, 4) is 11.5 Å². The maximum Gasteiger partial charge on any atom is 0.244 e. The fourth-order valence-electron chi connectivity index (χ4n) is 4.71. The summed E-state index contributed by atoms with van der Waals surface area (Å²) in [7, 11) is -3.94. The van der Waals surface area contributed by atoms with Gasteiger partial charge in [0.25, 0.3) is 0 Å². The lowest BCUT2D eigenvalue weighted by Crippen LogP contribution is -2.54. The molecule has 0 heterocycles. The first-order valence-corrected chi connectivity index (χ1v) is 16.9. The fraction of sp³-hybridized carbons (Fsp3) is 0.235. The minimum Gasteiger partial charge on any atom is -0.457 e. The largest absolute Gasteiger partial charge is 0.457 e. The highest BCUT2D eigenvalue weighted by molar-refractivity contribution is 7.92. The Labute approximate surface area is 274 Å². The molecule has 4 aromatic carbocycles. The van der Waals surface area contributed by atoms with Crippen LogP contribution in [-0.2, 0) is 32.6 Å². The maximum atomic E-state index is 14.3. The van der Waals surface area contributed by atoms with Crippen LogP contribution in [0.3, 0.4) is 0 Å². The molecule has 8 nitrogen and oxygen atoms in total. The van der Waals surface area contributed by atoms with E-state index in [0.717, 1.165) is 16.1 Å². The van der Waals surface area contributed by atoms with Gasteiger partial charge in [-0.3, -0.25) is 13.9 Å². The Morgan fingerprint density at radius 1 is 0.800 bits per heavy atom. The fourth-order valence-corrected chi connectivity index (χ4v) is 6.07. The SMILES string of the molecule is CC(C)NC(=O)C(Cc1ccccc1)N(Cc1c(Cl)cccc1Cl)C(=O)CN(c1ccc(Oc2ccccc2)cc1)S(C)(=O)=O. The molecule has 0 spiro atoms. The number of carbonyl (C=O) groups excluding carboxylic acids is 2. The monoisotopic (exact) mass is 667 g/mol. The molecule has 4 aromatic rings. The molecule has 0 bridgehead atoms. The predicted molar refractivity (Wildman–Crippen MR) is 179 cm³/mol. The van der Waals surface area contributed by atoms with Gasteiger partial charge in [0, 0.05) is 34.6 Å². The van der Waals surface area contributed by atoms with Crippen molar-refractivity contribution in [1.82, 2.24) is 10.2 Å². The Morgan fingerprint density at radius 2 is 1.36 bits per heavy atom. The molecule has 2 amide bonds. The topological polar surface area (TPSA) is 96.0 Å². The summed E-state index contributed by atoms with van der Waals surface area (Å²) in [5, 5.41) is 3.54. The van der Waals surface area contributed by atoms with E-state index in [4.69, 9.17) is 27.9 Å². The average molecular weight is 669 g/mol. The van der Waals surface area contributed by atoms with Gasteiger partial charge in [-0.25, -0.2) is 8.42 Å². The number of sulfonamides is 1. The first-order chi connectivity index (χ1) is 21.4. The standard InChI is InChI=1S/C34H35Cl2N3O5S/c1-24(2)37-34(41)32(21-25-11-6-4-7-12-25)38(22-29-30(35)15-10-16-31(29)36)33(40)23-39(45(3,42)43)26-17-19-28(20-18-26)44-27-13-8-5-9-14-27/h4-20,24,32H,21-23H2,1-3H3,(H,37,41). The van der Waals surface area contributed by atoms with Gasteiger partial charge in [-0.05, 0) is 67.9 Å². The Kier molecular flexibility index (Phi) is 11.5. The van der Waals surface area contributed by atoms with Gasteiger partial charge in [-0.15, -0.1) is 0 Å². The molecule has 45 heavy (non-hydrogen) atoms. The van der Waals surface area contributed by atoms with E-state index in [1.54, 1.807) is 54.6 Å². The van der Waals surface area contributed by atoms with Gasteiger partial charge in [-0.1, -0.05) is 77.8 Å². The molecule has 0 saturated carbocycles. The number of nitrogens with one attached hydrogen (secondary N) is 1. The lowest BCUT2D eigenvalue weighted by atomic mass is 10.0. The van der Waals surface area contributed by atoms with E-state index in [-0.39, 0.29) is 24.7 Å². The highest BCUT2D eigenvalue weighted by Crippen LogP contribution is 2.29. The zero-order chi connectivity index (χ0) is 32.6. The number of anilines is 1. The van der Waals surface area contributed by atoms with Crippen LogP contribution in [0.15, 0.2) is 103 Å². The molecule has 236 valence electrons. The normalized spacial score (nSPS) is 12.0. The van der Waals surface area contributed by atoms with Crippen LogP contribution in [-0.4, -0.2) is 50.0 Å². The zero-order valence-corrected chi connectivity index (χ0v) is 27.5. The summed E-state index contributed by atoms with van der Waals surface area (Å²) >= 11 is 13.0.